The van der Waals surface area contributed by atoms with Crippen LogP contribution in [0.4, 0.5) is 13.2 Å². The van der Waals surface area contributed by atoms with Crippen molar-refractivity contribution in [3.63, 3.8) is 0 Å². The van der Waals surface area contributed by atoms with E-state index in [2.05, 4.69) is 14.7 Å². The number of hydrogen-bond donors (Lipinski definition) is 0. The fourth-order valence-electron chi connectivity index (χ4n) is 1.24. The average molecular weight is 276 g/mol. The van der Waals surface area contributed by atoms with Crippen LogP contribution in [0.1, 0.15) is 0 Å². The molecule has 0 saturated carbocycles. The van der Waals surface area contributed by atoms with E-state index in [4.69, 9.17) is 4.42 Å². The molecule has 0 saturated heterocycles. The molecule has 4 nitrogen and oxygen atoms in total. The van der Waals surface area contributed by atoms with Gasteiger partial charge in [-0.05, 0) is 18.4 Å². The second-order valence-corrected chi connectivity index (χ2v) is 3.87. The summed E-state index contributed by atoms with van der Waals surface area (Å²) in [6.45, 7) is 0. The Bertz CT molecular complexity index is 528. The molecule has 0 radical (unpaired) electrons. The lowest BCUT2D eigenvalue weighted by Gasteiger charge is -2.11. The molecule has 2 heterocycles. The van der Waals surface area contributed by atoms with E-state index in [9.17, 15) is 13.2 Å². The number of ether oxygens (including phenoxy) is 1. The second kappa shape index (κ2) is 4.89. The smallest absolute Gasteiger partial charge is 0.463 e. The number of nitrogens with zero attached hydrogens (tertiary/aromatic N) is 2. The van der Waals surface area contributed by atoms with Gasteiger partial charge in [0.05, 0.1) is 12.5 Å². The Morgan fingerprint density at radius 3 is 2.72 bits per heavy atom. The normalized spacial score (nSPS) is 11.6. The van der Waals surface area contributed by atoms with Crippen LogP contribution in [0.3, 0.4) is 0 Å². The first-order chi connectivity index (χ1) is 8.49. The minimum atomic E-state index is -4.80. The van der Waals surface area contributed by atoms with E-state index in [-0.39, 0.29) is 11.5 Å². The first-order valence-electron chi connectivity index (χ1n) is 4.70. The Kier molecular flexibility index (Phi) is 3.46. The third kappa shape index (κ3) is 2.95. The molecule has 0 aliphatic carbocycles. The molecular weight excluding hydrogens is 269 g/mol. The fourth-order valence-corrected chi connectivity index (χ4v) is 1.58. The van der Waals surface area contributed by atoms with E-state index >= 15 is 0 Å². The largest absolute Gasteiger partial charge is 0.573 e. The van der Waals surface area contributed by atoms with Crippen molar-refractivity contribution in [1.82, 2.24) is 9.97 Å². The summed E-state index contributed by atoms with van der Waals surface area (Å²) in [5.41, 5.74) is -0.0309. The highest BCUT2D eigenvalue weighted by Gasteiger charge is 2.33. The minimum absolute atomic E-state index is 0.0309. The van der Waals surface area contributed by atoms with Crippen molar-refractivity contribution in [3.05, 3.63) is 24.6 Å². The van der Waals surface area contributed by atoms with E-state index < -0.39 is 12.1 Å². The van der Waals surface area contributed by atoms with Gasteiger partial charge in [-0.2, -0.15) is 0 Å². The maximum Gasteiger partial charge on any atom is 0.573 e. The molecule has 96 valence electrons. The Hall–Kier alpha value is -1.70. The monoisotopic (exact) mass is 276 g/mol. The van der Waals surface area contributed by atoms with Crippen LogP contribution >= 0.6 is 11.8 Å². The zero-order valence-corrected chi connectivity index (χ0v) is 9.88. The maximum absolute atomic E-state index is 12.2. The Morgan fingerprint density at radius 1 is 1.39 bits per heavy atom. The topological polar surface area (TPSA) is 48.2 Å². The lowest BCUT2D eigenvalue weighted by Crippen LogP contribution is -2.18. The quantitative estimate of drug-likeness (QED) is 0.635. The average Bonchev–Trinajstić information content (AvgIpc) is 2.81. The van der Waals surface area contributed by atoms with Crippen molar-refractivity contribution in [2.75, 3.05) is 6.26 Å². The van der Waals surface area contributed by atoms with Gasteiger partial charge in [0.25, 0.3) is 0 Å². The summed E-state index contributed by atoms with van der Waals surface area (Å²) in [5.74, 6) is -0.304. The fraction of sp³-hybridized carbons (Fsp3) is 0.200. The molecule has 8 heteroatoms. The van der Waals surface area contributed by atoms with Crippen LogP contribution in [0.5, 0.6) is 5.75 Å². The molecule has 0 amide bonds. The highest BCUT2D eigenvalue weighted by molar-refractivity contribution is 7.98. The Balaban J connectivity index is 2.46. The van der Waals surface area contributed by atoms with Crippen LogP contribution in [0.15, 0.2) is 34.2 Å². The molecule has 2 aromatic rings. The van der Waals surface area contributed by atoms with Gasteiger partial charge in [0.15, 0.2) is 22.4 Å². The third-order valence-electron chi connectivity index (χ3n) is 1.90. The standard InChI is InChI=1S/C10H7F3N2O2S/c1-18-9-14-5-7(17-10(11,12)13)8(15-9)6-3-2-4-16-6/h2-5H,1H3. The summed E-state index contributed by atoms with van der Waals surface area (Å²) < 4.78 is 45.6. The van der Waals surface area contributed by atoms with Gasteiger partial charge in [-0.3, -0.25) is 0 Å². The Labute approximate surface area is 104 Å². The molecule has 0 aliphatic heterocycles. The van der Waals surface area contributed by atoms with Gasteiger partial charge in [-0.15, -0.1) is 13.2 Å². The predicted octanol–water partition coefficient (Wildman–Crippen LogP) is 3.36. The molecule has 0 N–H and O–H groups in total. The van der Waals surface area contributed by atoms with Gasteiger partial charge < -0.3 is 9.15 Å². The van der Waals surface area contributed by atoms with E-state index in [1.165, 1.54) is 24.1 Å². The van der Waals surface area contributed by atoms with Crippen molar-refractivity contribution in [2.45, 2.75) is 11.5 Å². The number of rotatable bonds is 3. The molecule has 2 rings (SSSR count). The van der Waals surface area contributed by atoms with Gasteiger partial charge in [-0.25, -0.2) is 9.97 Å². The van der Waals surface area contributed by atoms with Crippen molar-refractivity contribution in [3.8, 4) is 17.2 Å². The van der Waals surface area contributed by atoms with Gasteiger partial charge >= 0.3 is 6.36 Å². The van der Waals surface area contributed by atoms with Crippen LogP contribution in [0, 0.1) is 0 Å². The zero-order valence-electron chi connectivity index (χ0n) is 9.06. The molecule has 2 aromatic heterocycles. The SMILES string of the molecule is CSc1ncc(OC(F)(F)F)c(-c2ccco2)n1. The highest BCUT2D eigenvalue weighted by atomic mass is 32.2. The molecule has 18 heavy (non-hydrogen) atoms. The van der Waals surface area contributed by atoms with Gasteiger partial charge in [0.2, 0.25) is 0 Å². The molecule has 0 fully saturated rings. The summed E-state index contributed by atoms with van der Waals surface area (Å²) in [7, 11) is 0. The zero-order chi connectivity index (χ0) is 13.2. The van der Waals surface area contributed by atoms with Crippen molar-refractivity contribution >= 4 is 11.8 Å². The van der Waals surface area contributed by atoms with Crippen LogP contribution in [-0.4, -0.2) is 22.6 Å². The molecule has 0 bridgehead atoms. The first kappa shape index (κ1) is 12.7. The third-order valence-corrected chi connectivity index (χ3v) is 2.46. The lowest BCUT2D eigenvalue weighted by atomic mass is 10.3. The Morgan fingerprint density at radius 2 is 2.17 bits per heavy atom. The predicted molar refractivity (Wildman–Crippen MR) is 58.2 cm³/mol. The first-order valence-corrected chi connectivity index (χ1v) is 5.93. The van der Waals surface area contributed by atoms with Crippen LogP contribution in [0.2, 0.25) is 0 Å². The molecule has 0 spiro atoms. The number of hydrogen-bond acceptors (Lipinski definition) is 5. The lowest BCUT2D eigenvalue weighted by molar-refractivity contribution is -0.274. The summed E-state index contributed by atoms with van der Waals surface area (Å²) in [6.07, 6.45) is -0.769. The number of alkyl halides is 3. The van der Waals surface area contributed by atoms with Gasteiger partial charge in [0.1, 0.15) is 0 Å². The van der Waals surface area contributed by atoms with Crippen LogP contribution in [-0.2, 0) is 0 Å². The van der Waals surface area contributed by atoms with E-state index in [0.717, 1.165) is 6.20 Å². The summed E-state index contributed by atoms with van der Waals surface area (Å²) in [4.78, 5) is 7.69. The van der Waals surface area contributed by atoms with Gasteiger partial charge in [-0.1, -0.05) is 11.8 Å². The van der Waals surface area contributed by atoms with Crippen LogP contribution < -0.4 is 4.74 Å². The molecule has 0 atom stereocenters. The molecule has 0 aliphatic rings. The van der Waals surface area contributed by atoms with Crippen molar-refractivity contribution in [1.29, 1.82) is 0 Å². The van der Waals surface area contributed by atoms with E-state index in [0.29, 0.717) is 5.16 Å². The number of halogens is 3. The maximum atomic E-state index is 12.2. The number of furan rings is 1. The van der Waals surface area contributed by atoms with E-state index in [1.54, 1.807) is 12.3 Å². The molecule has 0 unspecified atom stereocenters. The molecular formula is C10H7F3N2O2S. The number of thioether (sulfide) groups is 1. The summed E-state index contributed by atoms with van der Waals surface area (Å²) in [5, 5.41) is 0.330. The van der Waals surface area contributed by atoms with Crippen molar-refractivity contribution in [2.24, 2.45) is 0 Å². The second-order valence-electron chi connectivity index (χ2n) is 3.09. The van der Waals surface area contributed by atoms with Crippen LogP contribution in [0.25, 0.3) is 11.5 Å². The van der Waals surface area contributed by atoms with Crippen molar-refractivity contribution < 1.29 is 22.3 Å². The highest BCUT2D eigenvalue weighted by Crippen LogP contribution is 2.32. The summed E-state index contributed by atoms with van der Waals surface area (Å²) in [6, 6.07) is 3.04. The van der Waals surface area contributed by atoms with Gasteiger partial charge in [0, 0.05) is 0 Å². The van der Waals surface area contributed by atoms with E-state index in [1.807, 2.05) is 0 Å². The summed E-state index contributed by atoms with van der Waals surface area (Å²) >= 11 is 1.21. The number of aromatic nitrogens is 2. The molecule has 0 aromatic carbocycles. The minimum Gasteiger partial charge on any atom is -0.463 e.